The Morgan fingerprint density at radius 1 is 1.21 bits per heavy atom. The molecule has 0 saturated carbocycles. The molecule has 0 unspecified atom stereocenters. The molecule has 0 radical (unpaired) electrons. The Bertz CT molecular complexity index is 789. The summed E-state index contributed by atoms with van der Waals surface area (Å²) in [5.74, 6) is 1.16. The van der Waals surface area contributed by atoms with E-state index < -0.39 is 0 Å². The molecular formula is C16H18ClN7. The molecule has 3 rings (SSSR count). The second-order valence-corrected chi connectivity index (χ2v) is 5.64. The molecule has 0 amide bonds. The van der Waals surface area contributed by atoms with Gasteiger partial charge in [-0.05, 0) is 24.6 Å². The van der Waals surface area contributed by atoms with E-state index in [1.807, 2.05) is 29.0 Å². The number of aromatic nitrogens is 4. The van der Waals surface area contributed by atoms with Gasteiger partial charge in [-0.25, -0.2) is 15.0 Å². The van der Waals surface area contributed by atoms with Crippen LogP contribution in [0.1, 0.15) is 6.42 Å². The van der Waals surface area contributed by atoms with Gasteiger partial charge in [0.25, 0.3) is 0 Å². The van der Waals surface area contributed by atoms with Gasteiger partial charge in [-0.15, -0.1) is 0 Å². The summed E-state index contributed by atoms with van der Waals surface area (Å²) in [6.07, 6.45) is 7.90. The Morgan fingerprint density at radius 2 is 2.08 bits per heavy atom. The molecule has 0 atom stereocenters. The topological polar surface area (TPSA) is 93.7 Å². The highest BCUT2D eigenvalue weighted by Crippen LogP contribution is 2.26. The van der Waals surface area contributed by atoms with Gasteiger partial charge in [0.2, 0.25) is 0 Å². The molecule has 0 spiro atoms. The van der Waals surface area contributed by atoms with Crippen LogP contribution in [0, 0.1) is 0 Å². The molecule has 2 aromatic heterocycles. The Labute approximate surface area is 144 Å². The number of imidazole rings is 1. The van der Waals surface area contributed by atoms with Crippen molar-refractivity contribution in [3.8, 4) is 0 Å². The minimum Gasteiger partial charge on any atom is -0.393 e. The molecule has 24 heavy (non-hydrogen) atoms. The SMILES string of the molecule is Nc1c(NCCCn2ccnc2)ncnc1Nc1cccc(Cl)c1. The number of hydrogen-bond donors (Lipinski definition) is 3. The number of aryl methyl sites for hydroxylation is 1. The Hall–Kier alpha value is -2.80. The highest BCUT2D eigenvalue weighted by Gasteiger charge is 2.08. The number of rotatable bonds is 7. The standard InChI is InChI=1S/C16H18ClN7/c17-12-3-1-4-13(9-12)23-16-14(18)15(21-10-22-16)20-5-2-7-24-8-6-19-11-24/h1,3-4,6,8-11H,2,5,7,18H2,(H2,20,21,22,23). The van der Waals surface area contributed by atoms with E-state index >= 15 is 0 Å². The lowest BCUT2D eigenvalue weighted by Crippen LogP contribution is -2.10. The lowest BCUT2D eigenvalue weighted by atomic mass is 10.3. The molecule has 3 aromatic rings. The lowest BCUT2D eigenvalue weighted by Gasteiger charge is -2.12. The predicted octanol–water partition coefficient (Wildman–Crippen LogP) is 3.15. The fourth-order valence-corrected chi connectivity index (χ4v) is 2.42. The summed E-state index contributed by atoms with van der Waals surface area (Å²) >= 11 is 5.99. The van der Waals surface area contributed by atoms with Crippen molar-refractivity contribution in [2.24, 2.45) is 0 Å². The van der Waals surface area contributed by atoms with E-state index in [0.717, 1.165) is 25.2 Å². The number of hydrogen-bond acceptors (Lipinski definition) is 6. The molecule has 7 nitrogen and oxygen atoms in total. The van der Waals surface area contributed by atoms with Crippen LogP contribution in [0.25, 0.3) is 0 Å². The molecule has 4 N–H and O–H groups in total. The first-order chi connectivity index (χ1) is 11.7. The lowest BCUT2D eigenvalue weighted by molar-refractivity contribution is 0.660. The van der Waals surface area contributed by atoms with Crippen LogP contribution in [-0.4, -0.2) is 26.1 Å². The number of nitrogen functional groups attached to an aromatic ring is 1. The number of anilines is 4. The quantitative estimate of drug-likeness (QED) is 0.570. The molecule has 0 aliphatic carbocycles. The van der Waals surface area contributed by atoms with Gasteiger partial charge >= 0.3 is 0 Å². The highest BCUT2D eigenvalue weighted by molar-refractivity contribution is 6.30. The average molecular weight is 344 g/mol. The maximum atomic E-state index is 6.15. The first kappa shape index (κ1) is 16.1. The molecule has 8 heteroatoms. The fourth-order valence-electron chi connectivity index (χ4n) is 2.23. The van der Waals surface area contributed by atoms with Gasteiger partial charge in [0.1, 0.15) is 12.0 Å². The van der Waals surface area contributed by atoms with Crippen LogP contribution in [0.15, 0.2) is 49.3 Å². The summed E-state index contributed by atoms with van der Waals surface area (Å²) in [4.78, 5) is 12.4. The van der Waals surface area contributed by atoms with Gasteiger partial charge in [0.15, 0.2) is 11.6 Å². The van der Waals surface area contributed by atoms with E-state index in [-0.39, 0.29) is 0 Å². The van der Waals surface area contributed by atoms with Crippen LogP contribution < -0.4 is 16.4 Å². The number of halogens is 1. The summed E-state index contributed by atoms with van der Waals surface area (Å²) in [5, 5.41) is 7.03. The van der Waals surface area contributed by atoms with Gasteiger partial charge in [-0.2, -0.15) is 0 Å². The Kier molecular flexibility index (Phi) is 5.12. The first-order valence-electron chi connectivity index (χ1n) is 7.55. The van der Waals surface area contributed by atoms with Crippen molar-refractivity contribution < 1.29 is 0 Å². The summed E-state index contributed by atoms with van der Waals surface area (Å²) in [7, 11) is 0. The summed E-state index contributed by atoms with van der Waals surface area (Å²) in [5.41, 5.74) is 7.44. The second kappa shape index (κ2) is 7.65. The summed E-state index contributed by atoms with van der Waals surface area (Å²) in [6, 6.07) is 7.37. The smallest absolute Gasteiger partial charge is 0.159 e. The van der Waals surface area contributed by atoms with Gasteiger partial charge in [-0.1, -0.05) is 17.7 Å². The second-order valence-electron chi connectivity index (χ2n) is 5.20. The summed E-state index contributed by atoms with van der Waals surface area (Å²) in [6.45, 7) is 1.63. The zero-order valence-corrected chi connectivity index (χ0v) is 13.7. The Morgan fingerprint density at radius 3 is 2.88 bits per heavy atom. The molecular weight excluding hydrogens is 326 g/mol. The predicted molar refractivity (Wildman–Crippen MR) is 96.5 cm³/mol. The minimum absolute atomic E-state index is 0.472. The van der Waals surface area contributed by atoms with Crippen molar-refractivity contribution in [3.63, 3.8) is 0 Å². The van der Waals surface area contributed by atoms with Crippen molar-refractivity contribution in [1.82, 2.24) is 19.5 Å². The van der Waals surface area contributed by atoms with E-state index in [4.69, 9.17) is 17.3 Å². The van der Waals surface area contributed by atoms with Crippen LogP contribution in [0.3, 0.4) is 0 Å². The maximum Gasteiger partial charge on any atom is 0.159 e. The molecule has 0 aliphatic rings. The van der Waals surface area contributed by atoms with Crippen molar-refractivity contribution in [3.05, 3.63) is 54.3 Å². The molecule has 0 aliphatic heterocycles. The zero-order chi connectivity index (χ0) is 16.8. The molecule has 1 aromatic carbocycles. The average Bonchev–Trinajstić information content (AvgIpc) is 3.08. The highest BCUT2D eigenvalue weighted by atomic mass is 35.5. The van der Waals surface area contributed by atoms with Crippen molar-refractivity contribution >= 4 is 34.6 Å². The number of nitrogens with zero attached hydrogens (tertiary/aromatic N) is 4. The van der Waals surface area contributed by atoms with E-state index in [1.165, 1.54) is 6.33 Å². The van der Waals surface area contributed by atoms with Crippen molar-refractivity contribution in [1.29, 1.82) is 0 Å². The fraction of sp³-hybridized carbons (Fsp3) is 0.188. The first-order valence-corrected chi connectivity index (χ1v) is 7.93. The maximum absolute atomic E-state index is 6.15. The van der Waals surface area contributed by atoms with Crippen molar-refractivity contribution in [2.45, 2.75) is 13.0 Å². The summed E-state index contributed by atoms with van der Waals surface area (Å²) < 4.78 is 2.02. The monoisotopic (exact) mass is 343 g/mol. The largest absolute Gasteiger partial charge is 0.393 e. The van der Waals surface area contributed by atoms with E-state index in [9.17, 15) is 0 Å². The van der Waals surface area contributed by atoms with Crippen molar-refractivity contribution in [2.75, 3.05) is 22.9 Å². The van der Waals surface area contributed by atoms with Crippen LogP contribution in [0.5, 0.6) is 0 Å². The zero-order valence-electron chi connectivity index (χ0n) is 13.0. The third-order valence-electron chi connectivity index (χ3n) is 3.42. The Balaban J connectivity index is 1.60. The normalized spacial score (nSPS) is 10.5. The van der Waals surface area contributed by atoms with E-state index in [2.05, 4.69) is 25.6 Å². The number of nitrogens with two attached hydrogens (primary N) is 1. The molecule has 0 bridgehead atoms. The van der Waals surface area contributed by atoms with Crippen LogP contribution >= 0.6 is 11.6 Å². The van der Waals surface area contributed by atoms with E-state index in [0.29, 0.717) is 22.3 Å². The third-order valence-corrected chi connectivity index (χ3v) is 3.65. The molecule has 2 heterocycles. The third kappa shape index (κ3) is 4.14. The van der Waals surface area contributed by atoms with Crippen LogP contribution in [0.4, 0.5) is 23.0 Å². The van der Waals surface area contributed by atoms with E-state index in [1.54, 1.807) is 18.6 Å². The minimum atomic E-state index is 0.472. The van der Waals surface area contributed by atoms with Gasteiger partial charge in [0.05, 0.1) is 6.33 Å². The van der Waals surface area contributed by atoms with Gasteiger partial charge in [-0.3, -0.25) is 0 Å². The van der Waals surface area contributed by atoms with Gasteiger partial charge < -0.3 is 20.9 Å². The van der Waals surface area contributed by atoms with Crippen LogP contribution in [-0.2, 0) is 6.54 Å². The number of nitrogens with one attached hydrogen (secondary N) is 2. The molecule has 0 saturated heterocycles. The number of benzene rings is 1. The van der Waals surface area contributed by atoms with Gasteiger partial charge in [0, 0.05) is 36.2 Å². The molecule has 0 fully saturated rings. The van der Waals surface area contributed by atoms with Crippen LogP contribution in [0.2, 0.25) is 5.02 Å². The molecule has 124 valence electrons.